The van der Waals surface area contributed by atoms with Crippen LogP contribution in [0.3, 0.4) is 0 Å². The average Bonchev–Trinajstić information content (AvgIpc) is 2.79. The smallest absolute Gasteiger partial charge is 0.251 e. The third-order valence-electron chi connectivity index (χ3n) is 6.21. The summed E-state index contributed by atoms with van der Waals surface area (Å²) >= 11 is 5.98. The van der Waals surface area contributed by atoms with Crippen LogP contribution in [0.2, 0.25) is 5.02 Å². The molecule has 0 saturated heterocycles. The predicted molar refractivity (Wildman–Crippen MR) is 131 cm³/mol. The van der Waals surface area contributed by atoms with E-state index in [0.29, 0.717) is 17.2 Å². The van der Waals surface area contributed by atoms with Crippen LogP contribution in [0, 0.1) is 5.92 Å². The number of ether oxygens (including phenoxy) is 1. The van der Waals surface area contributed by atoms with E-state index in [1.165, 1.54) is 0 Å². The molecule has 3 atom stereocenters. The first-order valence-corrected chi connectivity index (χ1v) is 13.2. The summed E-state index contributed by atoms with van der Waals surface area (Å²) in [5.41, 5.74) is 1.37. The van der Waals surface area contributed by atoms with Crippen molar-refractivity contribution in [2.24, 2.45) is 5.92 Å². The summed E-state index contributed by atoms with van der Waals surface area (Å²) in [4.78, 5) is 12.7. The Morgan fingerprint density at radius 3 is 2.36 bits per heavy atom. The number of benzene rings is 2. The fourth-order valence-electron chi connectivity index (χ4n) is 4.39. The van der Waals surface area contributed by atoms with E-state index in [0.717, 1.165) is 31.2 Å². The summed E-state index contributed by atoms with van der Waals surface area (Å²) in [5.74, 6) is 0.0887. The standard InChI is InChI=1S/C25H33ClN2O4S/c1-18-6-4-5-7-24(18)28(33(30,31)23-14-12-22(26)13-15-23)16-20-8-10-21(11-9-20)25(29)27-19(2)17-32-3/h8-15,18-19,24H,4-7,16-17H2,1-3H3,(H,27,29)/t18?,19?,24-/m1/s1. The van der Waals surface area contributed by atoms with Gasteiger partial charge in [0, 0.05) is 36.3 Å². The van der Waals surface area contributed by atoms with Gasteiger partial charge in [0.15, 0.2) is 0 Å². The molecule has 6 nitrogen and oxygen atoms in total. The molecule has 3 rings (SSSR count). The van der Waals surface area contributed by atoms with Crippen molar-refractivity contribution >= 4 is 27.5 Å². The summed E-state index contributed by atoms with van der Waals surface area (Å²) in [6, 6.07) is 13.3. The van der Waals surface area contributed by atoms with Gasteiger partial charge >= 0.3 is 0 Å². The topological polar surface area (TPSA) is 75.7 Å². The molecule has 180 valence electrons. The molecule has 1 amide bonds. The van der Waals surface area contributed by atoms with E-state index in [4.69, 9.17) is 16.3 Å². The molecule has 0 aromatic heterocycles. The van der Waals surface area contributed by atoms with Crippen molar-refractivity contribution in [3.63, 3.8) is 0 Å². The third-order valence-corrected chi connectivity index (χ3v) is 8.34. The van der Waals surface area contributed by atoms with Crippen molar-refractivity contribution in [1.29, 1.82) is 0 Å². The number of amides is 1. The molecule has 1 aliphatic rings. The Labute approximate surface area is 202 Å². The van der Waals surface area contributed by atoms with Crippen LogP contribution in [0.15, 0.2) is 53.4 Å². The van der Waals surface area contributed by atoms with Gasteiger partial charge in [-0.25, -0.2) is 8.42 Å². The molecule has 0 aliphatic heterocycles. The van der Waals surface area contributed by atoms with Crippen LogP contribution in [-0.2, 0) is 21.3 Å². The van der Waals surface area contributed by atoms with Gasteiger partial charge in [0.05, 0.1) is 11.5 Å². The van der Waals surface area contributed by atoms with E-state index >= 15 is 0 Å². The second-order valence-electron chi connectivity index (χ2n) is 8.86. The van der Waals surface area contributed by atoms with Crippen LogP contribution in [0.5, 0.6) is 0 Å². The van der Waals surface area contributed by atoms with Gasteiger partial charge in [-0.05, 0) is 67.6 Å². The largest absolute Gasteiger partial charge is 0.383 e. The number of nitrogens with zero attached hydrogens (tertiary/aromatic N) is 1. The summed E-state index contributed by atoms with van der Waals surface area (Å²) in [6.45, 7) is 4.69. The average molecular weight is 493 g/mol. The van der Waals surface area contributed by atoms with Crippen LogP contribution in [0.25, 0.3) is 0 Å². The minimum atomic E-state index is -3.72. The maximum atomic E-state index is 13.7. The molecular weight excluding hydrogens is 460 g/mol. The number of carbonyl (C=O) groups is 1. The summed E-state index contributed by atoms with van der Waals surface area (Å²) in [5, 5.41) is 3.38. The number of rotatable bonds is 9. The lowest BCUT2D eigenvalue weighted by Crippen LogP contribution is -2.44. The van der Waals surface area contributed by atoms with Gasteiger partial charge in [-0.1, -0.05) is 43.5 Å². The van der Waals surface area contributed by atoms with Crippen molar-refractivity contribution in [3.05, 3.63) is 64.7 Å². The highest BCUT2D eigenvalue weighted by Gasteiger charge is 2.36. The molecule has 0 heterocycles. The Morgan fingerprint density at radius 1 is 1.12 bits per heavy atom. The summed E-state index contributed by atoms with van der Waals surface area (Å²) < 4.78 is 34.0. The van der Waals surface area contributed by atoms with Gasteiger partial charge in [0.2, 0.25) is 10.0 Å². The van der Waals surface area contributed by atoms with E-state index in [-0.39, 0.29) is 35.3 Å². The highest BCUT2D eigenvalue weighted by Crippen LogP contribution is 2.33. The van der Waals surface area contributed by atoms with Crippen molar-refractivity contribution in [1.82, 2.24) is 9.62 Å². The van der Waals surface area contributed by atoms with E-state index in [9.17, 15) is 13.2 Å². The van der Waals surface area contributed by atoms with E-state index in [1.54, 1.807) is 47.8 Å². The monoisotopic (exact) mass is 492 g/mol. The summed E-state index contributed by atoms with van der Waals surface area (Å²) in [6.07, 6.45) is 3.99. The third kappa shape index (κ3) is 6.57. The number of carbonyl (C=O) groups excluding carboxylic acids is 1. The fourth-order valence-corrected chi connectivity index (χ4v) is 6.25. The van der Waals surface area contributed by atoms with Crippen LogP contribution < -0.4 is 5.32 Å². The lowest BCUT2D eigenvalue weighted by molar-refractivity contribution is 0.0905. The molecule has 8 heteroatoms. The molecule has 1 aliphatic carbocycles. The van der Waals surface area contributed by atoms with Crippen molar-refractivity contribution < 1.29 is 17.9 Å². The number of halogens is 1. The normalized spacial score (nSPS) is 19.9. The van der Waals surface area contributed by atoms with Crippen molar-refractivity contribution in [2.75, 3.05) is 13.7 Å². The molecule has 0 bridgehead atoms. The van der Waals surface area contributed by atoms with Crippen LogP contribution >= 0.6 is 11.6 Å². The lowest BCUT2D eigenvalue weighted by atomic mass is 9.86. The van der Waals surface area contributed by atoms with Gasteiger partial charge in [0.25, 0.3) is 5.91 Å². The summed E-state index contributed by atoms with van der Waals surface area (Å²) in [7, 11) is -2.12. The Hall–Kier alpha value is -1.93. The lowest BCUT2D eigenvalue weighted by Gasteiger charge is -2.37. The second kappa shape index (κ2) is 11.5. The number of sulfonamides is 1. The van der Waals surface area contributed by atoms with E-state index < -0.39 is 10.0 Å². The van der Waals surface area contributed by atoms with Crippen molar-refractivity contribution in [2.45, 2.75) is 63.1 Å². The van der Waals surface area contributed by atoms with Gasteiger partial charge in [0.1, 0.15) is 0 Å². The molecule has 0 radical (unpaired) electrons. The molecule has 1 fully saturated rings. The van der Waals surface area contributed by atoms with Gasteiger partial charge < -0.3 is 10.1 Å². The highest BCUT2D eigenvalue weighted by molar-refractivity contribution is 7.89. The number of hydrogen-bond donors (Lipinski definition) is 1. The minimum Gasteiger partial charge on any atom is -0.383 e. The fraction of sp³-hybridized carbons (Fsp3) is 0.480. The molecule has 1 saturated carbocycles. The molecule has 1 N–H and O–H groups in total. The number of methoxy groups -OCH3 is 1. The van der Waals surface area contributed by atoms with Crippen molar-refractivity contribution in [3.8, 4) is 0 Å². The van der Waals surface area contributed by atoms with Crippen LogP contribution in [0.1, 0.15) is 55.5 Å². The van der Waals surface area contributed by atoms with Crippen LogP contribution in [0.4, 0.5) is 0 Å². The van der Waals surface area contributed by atoms with E-state index in [2.05, 4.69) is 12.2 Å². The number of hydrogen-bond acceptors (Lipinski definition) is 4. The Bertz CT molecular complexity index is 1030. The Kier molecular flexibility index (Phi) is 8.93. The molecule has 0 spiro atoms. The first-order chi connectivity index (χ1) is 15.7. The Balaban J connectivity index is 1.84. The Morgan fingerprint density at radius 2 is 1.76 bits per heavy atom. The van der Waals surface area contributed by atoms with Crippen LogP contribution in [-0.4, -0.2) is 44.4 Å². The van der Waals surface area contributed by atoms with Gasteiger partial charge in [-0.2, -0.15) is 4.31 Å². The van der Waals surface area contributed by atoms with Gasteiger partial charge in [-0.15, -0.1) is 0 Å². The maximum Gasteiger partial charge on any atom is 0.251 e. The first-order valence-electron chi connectivity index (χ1n) is 11.4. The van der Waals surface area contributed by atoms with Gasteiger partial charge in [-0.3, -0.25) is 4.79 Å². The highest BCUT2D eigenvalue weighted by atomic mass is 35.5. The minimum absolute atomic E-state index is 0.0719. The molecule has 33 heavy (non-hydrogen) atoms. The second-order valence-corrected chi connectivity index (χ2v) is 11.2. The zero-order valence-corrected chi connectivity index (χ0v) is 21.0. The molecule has 2 unspecified atom stereocenters. The molecule has 2 aromatic carbocycles. The number of nitrogens with one attached hydrogen (secondary N) is 1. The predicted octanol–water partition coefficient (Wildman–Crippen LogP) is 4.87. The molecular formula is C25H33ClN2O4S. The first kappa shape index (κ1) is 25.7. The SMILES string of the molecule is COCC(C)NC(=O)c1ccc(CN([C@@H]2CCCCC2C)S(=O)(=O)c2ccc(Cl)cc2)cc1. The molecule has 2 aromatic rings. The zero-order valence-electron chi connectivity index (χ0n) is 19.5. The zero-order chi connectivity index (χ0) is 24.0. The maximum absolute atomic E-state index is 13.7. The quantitative estimate of drug-likeness (QED) is 0.541. The van der Waals surface area contributed by atoms with E-state index in [1.807, 2.05) is 19.1 Å².